The molecule has 1 aromatic rings. The zero-order valence-corrected chi connectivity index (χ0v) is 15.1. The minimum absolute atomic E-state index is 0.263. The average molecular weight is 348 g/mol. The second-order valence-electron chi connectivity index (χ2n) is 6.06. The molecule has 1 aliphatic heterocycles. The molecule has 0 spiro atoms. The average Bonchev–Trinajstić information content (AvgIpc) is 2.61. The molecule has 138 valence electrons. The first-order chi connectivity index (χ1) is 12.1. The number of carboxylic acids is 1. The van der Waals surface area contributed by atoms with Crippen LogP contribution >= 0.6 is 0 Å². The maximum atomic E-state index is 11.2. The number of nitrogens with one attached hydrogen (secondary N) is 1. The van der Waals surface area contributed by atoms with Gasteiger partial charge in [-0.3, -0.25) is 4.99 Å². The van der Waals surface area contributed by atoms with Crippen molar-refractivity contribution in [1.82, 2.24) is 9.80 Å². The standard InChI is InChI=1S/C18H28N4O3/c1-3-25-13-5-8-19-18(22-11-9-21(2)10-12-22)20-16-7-4-6-15(14-16)17(23)24/h4,6-7,14H,3,5,8-13H2,1-2H3,(H,19,20)(H,23,24). The second kappa shape index (κ2) is 10.0. The molecule has 25 heavy (non-hydrogen) atoms. The van der Waals surface area contributed by atoms with Crippen LogP contribution in [0.2, 0.25) is 0 Å². The van der Waals surface area contributed by atoms with E-state index in [1.807, 2.05) is 13.0 Å². The van der Waals surface area contributed by atoms with E-state index in [4.69, 9.17) is 14.8 Å². The van der Waals surface area contributed by atoms with E-state index < -0.39 is 5.97 Å². The summed E-state index contributed by atoms with van der Waals surface area (Å²) >= 11 is 0. The van der Waals surface area contributed by atoms with Crippen molar-refractivity contribution in [3.63, 3.8) is 0 Å². The molecule has 1 fully saturated rings. The maximum absolute atomic E-state index is 11.2. The minimum atomic E-state index is -0.932. The highest BCUT2D eigenvalue weighted by molar-refractivity contribution is 5.95. The van der Waals surface area contributed by atoms with Crippen molar-refractivity contribution in [2.24, 2.45) is 4.99 Å². The van der Waals surface area contributed by atoms with Crippen LogP contribution in [0.15, 0.2) is 29.3 Å². The lowest BCUT2D eigenvalue weighted by atomic mass is 10.2. The van der Waals surface area contributed by atoms with E-state index in [2.05, 4.69) is 22.2 Å². The molecule has 1 saturated heterocycles. The predicted molar refractivity (Wildman–Crippen MR) is 99.5 cm³/mol. The zero-order chi connectivity index (χ0) is 18.1. The van der Waals surface area contributed by atoms with Crippen LogP contribution in [0.5, 0.6) is 0 Å². The van der Waals surface area contributed by atoms with E-state index in [9.17, 15) is 4.79 Å². The van der Waals surface area contributed by atoms with Gasteiger partial charge in [-0.05, 0) is 38.6 Å². The third-order valence-corrected chi connectivity index (χ3v) is 4.08. The number of rotatable bonds is 7. The molecule has 0 unspecified atom stereocenters. The molecule has 1 aliphatic rings. The SMILES string of the molecule is CCOCCCN=C(Nc1cccc(C(=O)O)c1)N1CCN(C)CC1. The summed E-state index contributed by atoms with van der Waals surface area (Å²) in [5, 5.41) is 12.5. The van der Waals surface area contributed by atoms with Crippen LogP contribution in [0.4, 0.5) is 5.69 Å². The lowest BCUT2D eigenvalue weighted by Crippen LogP contribution is -2.49. The molecule has 2 N–H and O–H groups in total. The van der Waals surface area contributed by atoms with Crippen molar-refractivity contribution in [2.75, 3.05) is 58.3 Å². The Morgan fingerprint density at radius 2 is 2.08 bits per heavy atom. The Morgan fingerprint density at radius 1 is 1.32 bits per heavy atom. The van der Waals surface area contributed by atoms with Gasteiger partial charge in [-0.1, -0.05) is 6.07 Å². The van der Waals surface area contributed by atoms with Crippen molar-refractivity contribution in [3.8, 4) is 0 Å². The highest BCUT2D eigenvalue weighted by Crippen LogP contribution is 2.12. The number of aromatic carboxylic acids is 1. The number of carboxylic acid groups (broad SMARTS) is 1. The Hall–Kier alpha value is -2.12. The number of guanidine groups is 1. The van der Waals surface area contributed by atoms with Gasteiger partial charge >= 0.3 is 5.97 Å². The molecule has 1 aromatic carbocycles. The number of carbonyl (C=O) groups is 1. The number of ether oxygens (including phenoxy) is 1. The lowest BCUT2D eigenvalue weighted by molar-refractivity contribution is 0.0697. The Labute approximate surface area is 149 Å². The quantitative estimate of drug-likeness (QED) is 0.445. The van der Waals surface area contributed by atoms with Crippen LogP contribution in [-0.2, 0) is 4.74 Å². The van der Waals surface area contributed by atoms with E-state index in [-0.39, 0.29) is 5.56 Å². The van der Waals surface area contributed by atoms with Gasteiger partial charge in [0, 0.05) is 51.6 Å². The Morgan fingerprint density at radius 3 is 2.76 bits per heavy atom. The van der Waals surface area contributed by atoms with E-state index in [0.717, 1.165) is 50.9 Å². The second-order valence-corrected chi connectivity index (χ2v) is 6.06. The summed E-state index contributed by atoms with van der Waals surface area (Å²) in [7, 11) is 2.11. The minimum Gasteiger partial charge on any atom is -0.478 e. The Kier molecular flexibility index (Phi) is 7.69. The number of hydrogen-bond donors (Lipinski definition) is 2. The normalized spacial score (nSPS) is 16.1. The predicted octanol–water partition coefficient (Wildman–Crippen LogP) is 1.83. The van der Waals surface area contributed by atoms with Crippen LogP contribution < -0.4 is 5.32 Å². The first-order valence-electron chi connectivity index (χ1n) is 8.76. The molecule has 0 bridgehead atoms. The molecule has 0 saturated carbocycles. The highest BCUT2D eigenvalue weighted by Gasteiger charge is 2.18. The molecular formula is C18H28N4O3. The molecule has 0 aromatic heterocycles. The summed E-state index contributed by atoms with van der Waals surface area (Å²) in [6.45, 7) is 7.82. The number of likely N-dealkylation sites (N-methyl/N-ethyl adjacent to an activating group) is 1. The zero-order valence-electron chi connectivity index (χ0n) is 15.1. The van der Waals surface area contributed by atoms with E-state index in [0.29, 0.717) is 13.2 Å². The molecular weight excluding hydrogens is 320 g/mol. The number of benzene rings is 1. The summed E-state index contributed by atoms with van der Waals surface area (Å²) in [6.07, 6.45) is 0.863. The third kappa shape index (κ3) is 6.36. The number of anilines is 1. The third-order valence-electron chi connectivity index (χ3n) is 4.08. The molecule has 7 nitrogen and oxygen atoms in total. The van der Waals surface area contributed by atoms with E-state index in [1.165, 1.54) is 0 Å². The van der Waals surface area contributed by atoms with Crippen molar-refractivity contribution in [3.05, 3.63) is 29.8 Å². The van der Waals surface area contributed by atoms with Gasteiger partial charge in [0.25, 0.3) is 0 Å². The summed E-state index contributed by atoms with van der Waals surface area (Å²) < 4.78 is 5.36. The monoisotopic (exact) mass is 348 g/mol. The summed E-state index contributed by atoms with van der Waals surface area (Å²) in [5.74, 6) is -0.134. The van der Waals surface area contributed by atoms with Crippen molar-refractivity contribution in [2.45, 2.75) is 13.3 Å². The van der Waals surface area contributed by atoms with Crippen LogP contribution in [0, 0.1) is 0 Å². The smallest absolute Gasteiger partial charge is 0.335 e. The highest BCUT2D eigenvalue weighted by atomic mass is 16.5. The van der Waals surface area contributed by atoms with Gasteiger partial charge in [0.1, 0.15) is 0 Å². The number of aliphatic imine (C=N–C) groups is 1. The van der Waals surface area contributed by atoms with Gasteiger partial charge in [0.2, 0.25) is 0 Å². The van der Waals surface area contributed by atoms with E-state index >= 15 is 0 Å². The van der Waals surface area contributed by atoms with Crippen LogP contribution in [-0.4, -0.2) is 79.8 Å². The first-order valence-corrected chi connectivity index (χ1v) is 8.76. The fourth-order valence-electron chi connectivity index (χ4n) is 2.59. The number of hydrogen-bond acceptors (Lipinski definition) is 4. The summed E-state index contributed by atoms with van der Waals surface area (Å²) in [4.78, 5) is 20.4. The Bertz CT molecular complexity index is 583. The van der Waals surface area contributed by atoms with Crippen LogP contribution in [0.3, 0.4) is 0 Å². The van der Waals surface area contributed by atoms with Gasteiger partial charge < -0.3 is 25.0 Å². The van der Waals surface area contributed by atoms with Gasteiger partial charge in [-0.2, -0.15) is 0 Å². The Balaban J connectivity index is 2.06. The van der Waals surface area contributed by atoms with Gasteiger partial charge in [-0.15, -0.1) is 0 Å². The molecule has 0 aliphatic carbocycles. The lowest BCUT2D eigenvalue weighted by Gasteiger charge is -2.34. The molecule has 7 heteroatoms. The molecule has 0 amide bonds. The van der Waals surface area contributed by atoms with Crippen molar-refractivity contribution >= 4 is 17.6 Å². The van der Waals surface area contributed by atoms with Crippen molar-refractivity contribution in [1.29, 1.82) is 0 Å². The molecule has 1 heterocycles. The number of nitrogens with zero attached hydrogens (tertiary/aromatic N) is 3. The fourth-order valence-corrected chi connectivity index (χ4v) is 2.59. The van der Waals surface area contributed by atoms with E-state index in [1.54, 1.807) is 18.2 Å². The van der Waals surface area contributed by atoms with Crippen LogP contribution in [0.25, 0.3) is 0 Å². The largest absolute Gasteiger partial charge is 0.478 e. The molecule has 2 rings (SSSR count). The molecule has 0 atom stereocenters. The summed E-state index contributed by atoms with van der Waals surface area (Å²) in [6, 6.07) is 6.82. The van der Waals surface area contributed by atoms with Gasteiger partial charge in [-0.25, -0.2) is 4.79 Å². The number of piperazine rings is 1. The molecule has 0 radical (unpaired) electrons. The fraction of sp³-hybridized carbons (Fsp3) is 0.556. The first kappa shape index (κ1) is 19.2. The van der Waals surface area contributed by atoms with Crippen LogP contribution in [0.1, 0.15) is 23.7 Å². The topological polar surface area (TPSA) is 77.4 Å². The van der Waals surface area contributed by atoms with Gasteiger partial charge in [0.05, 0.1) is 5.56 Å². The van der Waals surface area contributed by atoms with Crippen molar-refractivity contribution < 1.29 is 14.6 Å². The van der Waals surface area contributed by atoms with Gasteiger partial charge in [0.15, 0.2) is 5.96 Å². The maximum Gasteiger partial charge on any atom is 0.335 e. The summed E-state index contributed by atoms with van der Waals surface area (Å²) in [5.41, 5.74) is 1.00.